The summed E-state index contributed by atoms with van der Waals surface area (Å²) in [5, 5.41) is 6.75. The Balaban J connectivity index is 1.80. The summed E-state index contributed by atoms with van der Waals surface area (Å²) in [7, 11) is 0. The molecule has 0 radical (unpaired) electrons. The van der Waals surface area contributed by atoms with E-state index in [1.54, 1.807) is 11.3 Å². The quantitative estimate of drug-likeness (QED) is 0.730. The van der Waals surface area contributed by atoms with E-state index < -0.39 is 0 Å². The largest absolute Gasteiger partial charge is 0.494 e. The molecule has 0 aliphatic rings. The summed E-state index contributed by atoms with van der Waals surface area (Å²) in [6.07, 6.45) is 2.27. The second-order valence-corrected chi connectivity index (χ2v) is 6.17. The molecule has 0 amide bonds. The molecule has 0 aliphatic carbocycles. The Bertz CT molecular complexity index is 536. The molecule has 0 aliphatic heterocycles. The van der Waals surface area contributed by atoms with Gasteiger partial charge in [-0.05, 0) is 38.0 Å². The Morgan fingerprint density at radius 2 is 2.05 bits per heavy atom. The molecular formula is C17H24N2OS. The van der Waals surface area contributed by atoms with E-state index in [2.05, 4.69) is 41.7 Å². The smallest absolute Gasteiger partial charge is 0.119 e. The van der Waals surface area contributed by atoms with Gasteiger partial charge in [-0.25, -0.2) is 4.98 Å². The van der Waals surface area contributed by atoms with Gasteiger partial charge in [0.15, 0.2) is 0 Å². The van der Waals surface area contributed by atoms with E-state index in [0.717, 1.165) is 42.4 Å². The summed E-state index contributed by atoms with van der Waals surface area (Å²) in [6.45, 7) is 8.00. The van der Waals surface area contributed by atoms with E-state index in [1.165, 1.54) is 5.56 Å². The molecule has 0 saturated heterocycles. The molecule has 1 atom stereocenters. The third-order valence-corrected chi connectivity index (χ3v) is 4.45. The maximum atomic E-state index is 5.67. The van der Waals surface area contributed by atoms with Crippen molar-refractivity contribution in [3.63, 3.8) is 0 Å². The standard InChI is InChI=1S/C17H24N2OS/c1-4-5-10-20-16-8-6-15(7-9-16)11-18-14(3)17-19-13(2)12-21-17/h6-9,12,14,18H,4-5,10-11H2,1-3H3. The van der Waals surface area contributed by atoms with Crippen LogP contribution in [0.5, 0.6) is 5.75 Å². The average molecular weight is 304 g/mol. The molecule has 1 N–H and O–H groups in total. The minimum atomic E-state index is 0.282. The topological polar surface area (TPSA) is 34.1 Å². The molecule has 2 aromatic rings. The number of nitrogens with one attached hydrogen (secondary N) is 1. The van der Waals surface area contributed by atoms with Gasteiger partial charge >= 0.3 is 0 Å². The highest BCUT2D eigenvalue weighted by molar-refractivity contribution is 7.09. The van der Waals surface area contributed by atoms with E-state index in [-0.39, 0.29) is 6.04 Å². The zero-order valence-corrected chi connectivity index (χ0v) is 13.9. The number of benzene rings is 1. The average Bonchev–Trinajstić information content (AvgIpc) is 2.93. The zero-order chi connectivity index (χ0) is 15.1. The second-order valence-electron chi connectivity index (χ2n) is 5.28. The lowest BCUT2D eigenvalue weighted by Crippen LogP contribution is -2.17. The van der Waals surface area contributed by atoms with Gasteiger partial charge in [0.2, 0.25) is 0 Å². The second kappa shape index (κ2) is 8.15. The van der Waals surface area contributed by atoms with Crippen molar-refractivity contribution in [2.75, 3.05) is 6.61 Å². The Labute approximate surface area is 131 Å². The first-order valence-electron chi connectivity index (χ1n) is 7.56. The van der Waals surface area contributed by atoms with Gasteiger partial charge in [0.1, 0.15) is 10.8 Å². The molecule has 0 spiro atoms. The van der Waals surface area contributed by atoms with Crippen LogP contribution >= 0.6 is 11.3 Å². The molecule has 1 aromatic heterocycles. The van der Waals surface area contributed by atoms with Crippen molar-refractivity contribution in [3.05, 3.63) is 45.9 Å². The minimum Gasteiger partial charge on any atom is -0.494 e. The molecule has 1 heterocycles. The normalized spacial score (nSPS) is 12.3. The highest BCUT2D eigenvalue weighted by Crippen LogP contribution is 2.18. The molecule has 114 valence electrons. The molecule has 0 bridgehead atoms. The Morgan fingerprint density at radius 1 is 1.29 bits per heavy atom. The zero-order valence-electron chi connectivity index (χ0n) is 13.1. The van der Waals surface area contributed by atoms with Crippen molar-refractivity contribution >= 4 is 11.3 Å². The van der Waals surface area contributed by atoms with E-state index in [1.807, 2.05) is 19.1 Å². The van der Waals surface area contributed by atoms with Gasteiger partial charge in [-0.3, -0.25) is 0 Å². The number of hydrogen-bond donors (Lipinski definition) is 1. The maximum absolute atomic E-state index is 5.67. The number of aryl methyl sites for hydroxylation is 1. The predicted molar refractivity (Wildman–Crippen MR) is 89.0 cm³/mol. The molecule has 1 unspecified atom stereocenters. The highest BCUT2D eigenvalue weighted by atomic mass is 32.1. The van der Waals surface area contributed by atoms with Gasteiger partial charge in [-0.15, -0.1) is 11.3 Å². The van der Waals surface area contributed by atoms with Crippen molar-refractivity contribution in [1.82, 2.24) is 10.3 Å². The molecule has 21 heavy (non-hydrogen) atoms. The third kappa shape index (κ3) is 5.14. The SMILES string of the molecule is CCCCOc1ccc(CNC(C)c2nc(C)cs2)cc1. The Morgan fingerprint density at radius 3 is 2.67 bits per heavy atom. The number of nitrogens with zero attached hydrogens (tertiary/aromatic N) is 1. The van der Waals surface area contributed by atoms with Crippen LogP contribution in [0.25, 0.3) is 0 Å². The maximum Gasteiger partial charge on any atom is 0.119 e. The number of hydrogen-bond acceptors (Lipinski definition) is 4. The van der Waals surface area contributed by atoms with Crippen LogP contribution in [0, 0.1) is 6.92 Å². The predicted octanol–water partition coefficient (Wildman–Crippen LogP) is 4.48. The van der Waals surface area contributed by atoms with Crippen molar-refractivity contribution in [2.45, 2.75) is 46.2 Å². The van der Waals surface area contributed by atoms with Crippen LogP contribution < -0.4 is 10.1 Å². The number of rotatable bonds is 8. The number of unbranched alkanes of at least 4 members (excludes halogenated alkanes) is 1. The summed E-state index contributed by atoms with van der Waals surface area (Å²) in [6, 6.07) is 8.61. The molecule has 1 aromatic carbocycles. The first-order valence-corrected chi connectivity index (χ1v) is 8.44. The van der Waals surface area contributed by atoms with Gasteiger partial charge in [-0.1, -0.05) is 25.5 Å². The summed E-state index contributed by atoms with van der Waals surface area (Å²) in [5.41, 5.74) is 2.36. The summed E-state index contributed by atoms with van der Waals surface area (Å²) >= 11 is 1.71. The van der Waals surface area contributed by atoms with Crippen LogP contribution in [0.15, 0.2) is 29.6 Å². The van der Waals surface area contributed by atoms with Crippen molar-refractivity contribution in [1.29, 1.82) is 0 Å². The molecule has 2 rings (SSSR count). The van der Waals surface area contributed by atoms with Gasteiger partial charge < -0.3 is 10.1 Å². The van der Waals surface area contributed by atoms with Gasteiger partial charge in [0.05, 0.1) is 12.6 Å². The lowest BCUT2D eigenvalue weighted by molar-refractivity contribution is 0.309. The fourth-order valence-electron chi connectivity index (χ4n) is 1.97. The fraction of sp³-hybridized carbons (Fsp3) is 0.471. The van der Waals surface area contributed by atoms with Crippen LogP contribution in [-0.4, -0.2) is 11.6 Å². The fourth-order valence-corrected chi connectivity index (χ4v) is 2.80. The lowest BCUT2D eigenvalue weighted by Gasteiger charge is -2.12. The van der Waals surface area contributed by atoms with Crippen LogP contribution in [0.4, 0.5) is 0 Å². The summed E-state index contributed by atoms with van der Waals surface area (Å²) < 4.78 is 5.67. The summed E-state index contributed by atoms with van der Waals surface area (Å²) in [5.74, 6) is 0.954. The first kappa shape index (κ1) is 16.0. The van der Waals surface area contributed by atoms with Gasteiger partial charge in [0.25, 0.3) is 0 Å². The van der Waals surface area contributed by atoms with E-state index >= 15 is 0 Å². The van der Waals surface area contributed by atoms with E-state index in [9.17, 15) is 0 Å². The first-order chi connectivity index (χ1) is 10.2. The number of aromatic nitrogens is 1. The minimum absolute atomic E-state index is 0.282. The van der Waals surface area contributed by atoms with E-state index in [4.69, 9.17) is 4.74 Å². The Hall–Kier alpha value is -1.39. The van der Waals surface area contributed by atoms with Crippen molar-refractivity contribution in [2.24, 2.45) is 0 Å². The number of ether oxygens (including phenoxy) is 1. The van der Waals surface area contributed by atoms with Crippen LogP contribution in [-0.2, 0) is 6.54 Å². The van der Waals surface area contributed by atoms with Crippen LogP contribution in [0.1, 0.15) is 49.0 Å². The lowest BCUT2D eigenvalue weighted by atomic mass is 10.2. The highest BCUT2D eigenvalue weighted by Gasteiger charge is 2.08. The molecule has 3 nitrogen and oxygen atoms in total. The molecule has 4 heteroatoms. The van der Waals surface area contributed by atoms with Crippen LogP contribution in [0.3, 0.4) is 0 Å². The number of thiazole rings is 1. The van der Waals surface area contributed by atoms with E-state index in [0.29, 0.717) is 0 Å². The monoisotopic (exact) mass is 304 g/mol. The van der Waals surface area contributed by atoms with Gasteiger partial charge in [0, 0.05) is 17.6 Å². The molecular weight excluding hydrogens is 280 g/mol. The van der Waals surface area contributed by atoms with Crippen molar-refractivity contribution < 1.29 is 4.74 Å². The Kier molecular flexibility index (Phi) is 6.21. The van der Waals surface area contributed by atoms with Gasteiger partial charge in [-0.2, -0.15) is 0 Å². The third-order valence-electron chi connectivity index (χ3n) is 3.31. The summed E-state index contributed by atoms with van der Waals surface area (Å²) in [4.78, 5) is 4.51. The molecule has 0 fully saturated rings. The van der Waals surface area contributed by atoms with Crippen LogP contribution in [0.2, 0.25) is 0 Å². The molecule has 0 saturated carbocycles. The van der Waals surface area contributed by atoms with Crippen molar-refractivity contribution in [3.8, 4) is 5.75 Å².